The van der Waals surface area contributed by atoms with Crippen molar-refractivity contribution in [1.82, 2.24) is 15.5 Å². The zero-order chi connectivity index (χ0) is 24.7. The van der Waals surface area contributed by atoms with E-state index in [0.717, 1.165) is 23.3 Å². The summed E-state index contributed by atoms with van der Waals surface area (Å²) in [5, 5.41) is 6.93. The molecule has 0 radical (unpaired) electrons. The van der Waals surface area contributed by atoms with Crippen molar-refractivity contribution in [3.63, 3.8) is 0 Å². The van der Waals surface area contributed by atoms with Gasteiger partial charge in [0.1, 0.15) is 5.82 Å². The molecule has 0 saturated heterocycles. The Hall–Kier alpha value is -4.40. The Morgan fingerprint density at radius 2 is 1.63 bits per heavy atom. The molecule has 2 heterocycles. The summed E-state index contributed by atoms with van der Waals surface area (Å²) >= 11 is 0. The maximum atomic E-state index is 14.0. The Morgan fingerprint density at radius 3 is 2.31 bits per heavy atom. The summed E-state index contributed by atoms with van der Waals surface area (Å²) in [5.74, 6) is -2.14. The first kappa shape index (κ1) is 22.4. The van der Waals surface area contributed by atoms with Gasteiger partial charge in [-0.3, -0.25) is 4.90 Å². The molecule has 6 nitrogen and oxygen atoms in total. The van der Waals surface area contributed by atoms with Crippen molar-refractivity contribution in [3.05, 3.63) is 107 Å². The number of hydrogen-bond donors (Lipinski definition) is 1. The third-order valence-electron chi connectivity index (χ3n) is 5.82. The minimum absolute atomic E-state index is 0.125. The van der Waals surface area contributed by atoms with Crippen LogP contribution in [0, 0.1) is 24.4 Å². The molecule has 1 atom stereocenters. The Morgan fingerprint density at radius 1 is 0.914 bits per heavy atom. The molecule has 5 rings (SSSR count). The molecular weight excluding hydrogens is 457 g/mol. The molecular formula is C26H19F3N4O2. The first-order valence-corrected chi connectivity index (χ1v) is 10.7. The van der Waals surface area contributed by atoms with E-state index in [-0.39, 0.29) is 17.4 Å². The van der Waals surface area contributed by atoms with Crippen LogP contribution in [-0.2, 0) is 0 Å². The first-order chi connectivity index (χ1) is 16.8. The summed E-state index contributed by atoms with van der Waals surface area (Å²) < 4.78 is 46.5. The normalized spacial score (nSPS) is 16.0. The number of carbonyl (C=O) groups is 1. The second-order valence-corrected chi connectivity index (χ2v) is 8.16. The van der Waals surface area contributed by atoms with Gasteiger partial charge in [0.2, 0.25) is 5.82 Å². The van der Waals surface area contributed by atoms with Crippen LogP contribution in [0.1, 0.15) is 30.0 Å². The monoisotopic (exact) mass is 476 g/mol. The Kier molecular flexibility index (Phi) is 5.60. The first-order valence-electron chi connectivity index (χ1n) is 10.7. The molecule has 0 spiro atoms. The number of nitrogens with zero attached hydrogens (tertiary/aromatic N) is 3. The maximum absolute atomic E-state index is 14.0. The molecule has 1 N–H and O–H groups in total. The minimum Gasteiger partial charge on any atom is -0.334 e. The van der Waals surface area contributed by atoms with Gasteiger partial charge < -0.3 is 9.84 Å². The van der Waals surface area contributed by atoms with Crippen LogP contribution < -0.4 is 10.2 Å². The molecule has 176 valence electrons. The van der Waals surface area contributed by atoms with Gasteiger partial charge in [-0.2, -0.15) is 4.98 Å². The van der Waals surface area contributed by atoms with Crippen LogP contribution >= 0.6 is 0 Å². The second-order valence-electron chi connectivity index (χ2n) is 8.16. The van der Waals surface area contributed by atoms with Crippen LogP contribution in [0.3, 0.4) is 0 Å². The number of anilines is 1. The highest BCUT2D eigenvalue weighted by molar-refractivity contribution is 6.01. The summed E-state index contributed by atoms with van der Waals surface area (Å²) in [4.78, 5) is 18.9. The van der Waals surface area contributed by atoms with Gasteiger partial charge in [0, 0.05) is 17.3 Å². The fourth-order valence-electron chi connectivity index (χ4n) is 4.01. The van der Waals surface area contributed by atoms with Crippen molar-refractivity contribution < 1.29 is 22.5 Å². The van der Waals surface area contributed by atoms with Crippen molar-refractivity contribution in [2.45, 2.75) is 19.9 Å². The van der Waals surface area contributed by atoms with E-state index in [1.807, 2.05) is 31.2 Å². The van der Waals surface area contributed by atoms with Gasteiger partial charge in [-0.15, -0.1) is 0 Å². The molecule has 4 aromatic rings. The predicted molar refractivity (Wildman–Crippen MR) is 124 cm³/mol. The third-order valence-corrected chi connectivity index (χ3v) is 5.82. The van der Waals surface area contributed by atoms with Crippen LogP contribution in [0.5, 0.6) is 0 Å². The number of urea groups is 1. The van der Waals surface area contributed by atoms with Crippen molar-refractivity contribution in [3.8, 4) is 11.4 Å². The van der Waals surface area contributed by atoms with Crippen LogP contribution in [0.15, 0.2) is 77.0 Å². The van der Waals surface area contributed by atoms with Crippen LogP contribution in [0.25, 0.3) is 17.0 Å². The van der Waals surface area contributed by atoms with E-state index in [0.29, 0.717) is 16.8 Å². The third kappa shape index (κ3) is 4.16. The second kappa shape index (κ2) is 8.75. The molecule has 0 bridgehead atoms. The number of allylic oxidation sites excluding steroid dienone is 1. The topological polar surface area (TPSA) is 71.3 Å². The van der Waals surface area contributed by atoms with Gasteiger partial charge in [0.05, 0.1) is 17.3 Å². The largest absolute Gasteiger partial charge is 0.334 e. The van der Waals surface area contributed by atoms with Gasteiger partial charge in [0.25, 0.3) is 5.89 Å². The standard InChI is InChI=1S/C26H19F3N4O2/c1-14-3-5-16(6-4-14)23-22(25-31-24(32-35-25)17-7-9-18(27)10-8-17)15(2)33(26(34)30-23)19-11-12-20(28)21(29)13-19/h3-13,23H,1-2H3,(H,30,34). The summed E-state index contributed by atoms with van der Waals surface area (Å²) in [6.07, 6.45) is 0. The molecule has 1 unspecified atom stereocenters. The number of hydrogen-bond acceptors (Lipinski definition) is 4. The van der Waals surface area contributed by atoms with Gasteiger partial charge in [0.15, 0.2) is 11.6 Å². The van der Waals surface area contributed by atoms with Crippen LogP contribution in [0.2, 0.25) is 0 Å². The average molecular weight is 476 g/mol. The summed E-state index contributed by atoms with van der Waals surface area (Å²) in [6, 6.07) is 15.2. The Labute approximate surface area is 198 Å². The number of nitrogens with one attached hydrogen (secondary N) is 1. The smallest absolute Gasteiger partial charge is 0.327 e. The molecule has 3 aromatic carbocycles. The van der Waals surface area contributed by atoms with E-state index in [1.165, 1.54) is 35.2 Å². The fraction of sp³-hybridized carbons (Fsp3) is 0.115. The molecule has 1 aliphatic rings. The average Bonchev–Trinajstić information content (AvgIpc) is 3.31. The van der Waals surface area contributed by atoms with Crippen molar-refractivity contribution >= 4 is 17.3 Å². The molecule has 9 heteroatoms. The van der Waals surface area contributed by atoms with Crippen LogP contribution in [0.4, 0.5) is 23.7 Å². The van der Waals surface area contributed by atoms with Crippen molar-refractivity contribution in [2.75, 3.05) is 4.90 Å². The van der Waals surface area contributed by atoms with E-state index in [1.54, 1.807) is 6.92 Å². The van der Waals surface area contributed by atoms with Gasteiger partial charge in [-0.25, -0.2) is 18.0 Å². The SMILES string of the molecule is CC1=C(c2nc(-c3ccc(F)cc3)no2)C(c2ccc(C)cc2)NC(=O)N1c1ccc(F)c(F)c1. The highest BCUT2D eigenvalue weighted by Crippen LogP contribution is 2.39. The fourth-order valence-corrected chi connectivity index (χ4v) is 4.01. The molecule has 0 aliphatic carbocycles. The zero-order valence-electron chi connectivity index (χ0n) is 18.7. The predicted octanol–water partition coefficient (Wildman–Crippen LogP) is 6.16. The number of halogens is 3. The van der Waals surface area contributed by atoms with Crippen molar-refractivity contribution in [1.29, 1.82) is 0 Å². The maximum Gasteiger partial charge on any atom is 0.327 e. The highest BCUT2D eigenvalue weighted by Gasteiger charge is 2.36. The van der Waals surface area contributed by atoms with E-state index in [2.05, 4.69) is 15.5 Å². The molecule has 2 amide bonds. The molecule has 0 fully saturated rings. The highest BCUT2D eigenvalue weighted by atomic mass is 19.2. The van der Waals surface area contributed by atoms with E-state index < -0.39 is 29.5 Å². The van der Waals surface area contributed by atoms with E-state index in [9.17, 15) is 18.0 Å². The number of aromatic nitrogens is 2. The Balaban J connectivity index is 1.65. The molecule has 1 aromatic heterocycles. The van der Waals surface area contributed by atoms with Gasteiger partial charge in [-0.1, -0.05) is 35.0 Å². The van der Waals surface area contributed by atoms with Crippen LogP contribution in [-0.4, -0.2) is 16.2 Å². The summed E-state index contributed by atoms with van der Waals surface area (Å²) in [6.45, 7) is 3.61. The lowest BCUT2D eigenvalue weighted by Crippen LogP contribution is -2.46. The summed E-state index contributed by atoms with van der Waals surface area (Å²) in [7, 11) is 0. The van der Waals surface area contributed by atoms with E-state index >= 15 is 0 Å². The lowest BCUT2D eigenvalue weighted by atomic mass is 9.94. The molecule has 0 saturated carbocycles. The van der Waals surface area contributed by atoms with Gasteiger partial charge >= 0.3 is 6.03 Å². The number of aryl methyl sites for hydroxylation is 1. The minimum atomic E-state index is -1.08. The summed E-state index contributed by atoms with van der Waals surface area (Å²) in [5.41, 5.74) is 3.38. The number of rotatable bonds is 4. The van der Waals surface area contributed by atoms with Crippen molar-refractivity contribution in [2.24, 2.45) is 0 Å². The zero-order valence-corrected chi connectivity index (χ0v) is 18.7. The molecule has 35 heavy (non-hydrogen) atoms. The van der Waals surface area contributed by atoms with E-state index in [4.69, 9.17) is 4.52 Å². The number of carbonyl (C=O) groups excluding carboxylic acids is 1. The number of benzene rings is 3. The number of amides is 2. The van der Waals surface area contributed by atoms with Gasteiger partial charge in [-0.05, 0) is 55.8 Å². The quantitative estimate of drug-likeness (QED) is 0.383. The Bertz CT molecular complexity index is 1450. The lowest BCUT2D eigenvalue weighted by Gasteiger charge is -2.35. The molecule has 1 aliphatic heterocycles. The lowest BCUT2D eigenvalue weighted by molar-refractivity contribution is 0.244.